The molecule has 0 saturated carbocycles. The van der Waals surface area contributed by atoms with E-state index < -0.39 is 27.6 Å². The normalized spacial score (nSPS) is 14.1. The molecule has 0 bridgehead atoms. The topological polar surface area (TPSA) is 124 Å². The van der Waals surface area contributed by atoms with Crippen molar-refractivity contribution < 1.29 is 37.2 Å². The average Bonchev–Trinajstić information content (AvgIpc) is 2.86. The third-order valence-electron chi connectivity index (χ3n) is 5.65. The van der Waals surface area contributed by atoms with Crippen molar-refractivity contribution in [3.63, 3.8) is 0 Å². The first kappa shape index (κ1) is 29.3. The lowest BCUT2D eigenvalue weighted by Crippen LogP contribution is -2.44. The Balaban J connectivity index is 2.34. The van der Waals surface area contributed by atoms with Gasteiger partial charge >= 0.3 is 0 Å². The molecule has 0 aromatic heterocycles. The van der Waals surface area contributed by atoms with Gasteiger partial charge < -0.3 is 18.9 Å². The van der Waals surface area contributed by atoms with E-state index in [1.807, 2.05) is 20.8 Å². The number of methoxy groups -OCH3 is 4. The first-order valence-corrected chi connectivity index (χ1v) is 14.0. The predicted molar refractivity (Wildman–Crippen MR) is 140 cm³/mol. The van der Waals surface area contributed by atoms with Crippen LogP contribution in [0.25, 0.3) is 0 Å². The smallest absolute Gasteiger partial charge is 0.162 e. The van der Waals surface area contributed by atoms with Crippen LogP contribution >= 0.6 is 21.6 Å². The van der Waals surface area contributed by atoms with Crippen LogP contribution in [0.3, 0.4) is 0 Å². The molecule has 0 spiro atoms. The minimum atomic E-state index is -3.41. The first-order chi connectivity index (χ1) is 16.5. The van der Waals surface area contributed by atoms with Crippen LogP contribution in [-0.2, 0) is 0 Å². The molecule has 35 heavy (non-hydrogen) atoms. The van der Waals surface area contributed by atoms with Crippen molar-refractivity contribution in [2.45, 2.75) is 36.6 Å². The van der Waals surface area contributed by atoms with E-state index in [1.165, 1.54) is 38.8 Å². The van der Waals surface area contributed by atoms with Crippen molar-refractivity contribution in [3.8, 4) is 23.0 Å². The van der Waals surface area contributed by atoms with Crippen molar-refractivity contribution in [3.05, 3.63) is 36.4 Å². The number of nitrogens with zero attached hydrogens (tertiary/aromatic N) is 2. The highest BCUT2D eigenvalue weighted by molar-refractivity contribution is 8.22. The van der Waals surface area contributed by atoms with Crippen molar-refractivity contribution in [1.29, 1.82) is 0 Å². The highest BCUT2D eigenvalue weighted by Gasteiger charge is 2.33. The van der Waals surface area contributed by atoms with Gasteiger partial charge in [-0.1, -0.05) is 13.8 Å². The summed E-state index contributed by atoms with van der Waals surface area (Å²) in [6.45, 7) is 6.22. The van der Waals surface area contributed by atoms with Crippen LogP contribution in [0.15, 0.2) is 46.2 Å². The third-order valence-corrected chi connectivity index (χ3v) is 9.83. The highest BCUT2D eigenvalue weighted by Crippen LogP contribution is 2.56. The Labute approximate surface area is 211 Å². The average molecular weight is 535 g/mol. The van der Waals surface area contributed by atoms with Crippen LogP contribution < -0.4 is 18.9 Å². The van der Waals surface area contributed by atoms with Gasteiger partial charge in [0.25, 0.3) is 0 Å². The van der Waals surface area contributed by atoms with Gasteiger partial charge in [-0.05, 0) is 31.2 Å². The maximum absolute atomic E-state index is 11.2. The van der Waals surface area contributed by atoms with E-state index in [1.54, 1.807) is 34.6 Å². The van der Waals surface area contributed by atoms with E-state index in [2.05, 4.69) is 0 Å². The Morgan fingerprint density at radius 2 is 1.11 bits per heavy atom. The highest BCUT2D eigenvalue weighted by atomic mass is 32.3. The molecule has 0 fully saturated rings. The summed E-state index contributed by atoms with van der Waals surface area (Å²) >= 11 is 0. The van der Waals surface area contributed by atoms with E-state index >= 15 is 0 Å². The lowest BCUT2D eigenvalue weighted by atomic mass is 10.3. The van der Waals surface area contributed by atoms with Crippen LogP contribution in [0, 0.1) is 0 Å². The molecule has 0 aliphatic carbocycles. The minimum Gasteiger partial charge on any atom is -0.493 e. The first-order valence-electron chi connectivity index (χ1n) is 11.0. The summed E-state index contributed by atoms with van der Waals surface area (Å²) in [5.74, 6) is 1.71. The molecule has 12 heteroatoms. The molecule has 0 aliphatic heterocycles. The Morgan fingerprint density at radius 1 is 0.686 bits per heavy atom. The summed E-state index contributed by atoms with van der Waals surface area (Å²) in [6, 6.07) is 9.02. The second kappa shape index (κ2) is 12.4. The number of hydrogen-bond acceptors (Lipinski definition) is 10. The SMILES string of the molecule is CCN(C[C@H](C)N(CC)S(O)(O)c1ccc(OC)c(OC)c1)S(O)(O)c1ccc(OC)c(OC)c1. The van der Waals surface area contributed by atoms with Gasteiger partial charge in [0, 0.05) is 37.8 Å². The van der Waals surface area contributed by atoms with Crippen LogP contribution in [0.1, 0.15) is 20.8 Å². The molecule has 2 rings (SSSR count). The number of likely N-dealkylation sites (N-methyl/N-ethyl adjacent to an activating group) is 2. The van der Waals surface area contributed by atoms with Crippen LogP contribution in [0.4, 0.5) is 0 Å². The maximum Gasteiger partial charge on any atom is 0.162 e. The zero-order valence-electron chi connectivity index (χ0n) is 21.3. The van der Waals surface area contributed by atoms with Gasteiger partial charge in [0.05, 0.1) is 38.2 Å². The quantitative estimate of drug-likeness (QED) is 0.262. The summed E-state index contributed by atoms with van der Waals surface area (Å²) in [6.07, 6.45) is 0. The third kappa shape index (κ3) is 6.27. The monoisotopic (exact) mass is 534 g/mol. The van der Waals surface area contributed by atoms with Crippen molar-refractivity contribution in [2.75, 3.05) is 48.1 Å². The summed E-state index contributed by atoms with van der Waals surface area (Å²) in [7, 11) is -0.839. The van der Waals surface area contributed by atoms with Crippen molar-refractivity contribution in [2.24, 2.45) is 0 Å². The standard InChI is InChI=1S/C23H38N2O8S2/c1-8-24(34(26,27)18-10-12-20(30-4)22(14-18)32-6)16-17(3)25(9-2)35(28,29)19-11-13-21(31-5)23(15-19)33-7/h10-15,17,26-29H,8-9,16H2,1-7H3/t17-/m0/s1. The van der Waals surface area contributed by atoms with Crippen molar-refractivity contribution >= 4 is 21.6 Å². The van der Waals surface area contributed by atoms with Crippen LogP contribution in [0.2, 0.25) is 0 Å². The molecule has 2 aromatic carbocycles. The fourth-order valence-corrected chi connectivity index (χ4v) is 7.11. The van der Waals surface area contributed by atoms with Crippen molar-refractivity contribution in [1.82, 2.24) is 8.61 Å². The maximum atomic E-state index is 11.2. The number of benzene rings is 2. The molecule has 10 nitrogen and oxygen atoms in total. The summed E-state index contributed by atoms with van der Waals surface area (Å²) in [4.78, 5) is 0.553. The van der Waals surface area contributed by atoms with E-state index in [9.17, 15) is 18.2 Å². The van der Waals surface area contributed by atoms with Gasteiger partial charge in [-0.3, -0.25) is 18.2 Å². The second-order valence-electron chi connectivity index (χ2n) is 7.63. The lowest BCUT2D eigenvalue weighted by molar-refractivity contribution is 0.251. The molecule has 0 heterocycles. The van der Waals surface area contributed by atoms with E-state index in [0.29, 0.717) is 36.1 Å². The van der Waals surface area contributed by atoms with Gasteiger partial charge in [-0.2, -0.15) is 4.31 Å². The molecule has 0 aliphatic rings. The molecule has 0 amide bonds. The fourth-order valence-electron chi connectivity index (χ4n) is 3.80. The summed E-state index contributed by atoms with van der Waals surface area (Å²) in [5, 5.41) is 0. The van der Waals surface area contributed by atoms with E-state index in [-0.39, 0.29) is 16.3 Å². The molecule has 0 saturated heterocycles. The molecular formula is C23H38N2O8S2. The molecule has 0 unspecified atom stereocenters. The molecule has 2 aromatic rings. The largest absolute Gasteiger partial charge is 0.493 e. The molecule has 0 radical (unpaired) electrons. The zero-order chi connectivity index (χ0) is 26.4. The lowest BCUT2D eigenvalue weighted by Gasteiger charge is -2.49. The summed E-state index contributed by atoms with van der Waals surface area (Å²) < 4.78 is 69.0. The van der Waals surface area contributed by atoms with Gasteiger partial charge in [0.15, 0.2) is 23.0 Å². The second-order valence-corrected chi connectivity index (χ2v) is 11.6. The molecule has 4 N–H and O–H groups in total. The molecular weight excluding hydrogens is 496 g/mol. The van der Waals surface area contributed by atoms with Gasteiger partial charge in [-0.15, -0.1) is 21.6 Å². The molecule has 1 atom stereocenters. The number of rotatable bonds is 13. The molecule has 200 valence electrons. The summed E-state index contributed by atoms with van der Waals surface area (Å²) in [5.41, 5.74) is 0. The Bertz CT molecular complexity index is 977. The van der Waals surface area contributed by atoms with E-state index in [0.717, 1.165) is 0 Å². The fraction of sp³-hybridized carbons (Fsp3) is 0.478. The van der Waals surface area contributed by atoms with Gasteiger partial charge in [0.2, 0.25) is 0 Å². The van der Waals surface area contributed by atoms with E-state index in [4.69, 9.17) is 18.9 Å². The number of hydrogen-bond donors (Lipinski definition) is 4. The zero-order valence-corrected chi connectivity index (χ0v) is 22.9. The Hall–Kier alpha value is -1.90. The van der Waals surface area contributed by atoms with Crippen LogP contribution in [-0.4, -0.2) is 80.9 Å². The predicted octanol–water partition coefficient (Wildman–Crippen LogP) is 5.50. The van der Waals surface area contributed by atoms with Crippen LogP contribution in [0.5, 0.6) is 23.0 Å². The Kier molecular flexibility index (Phi) is 10.4. The van der Waals surface area contributed by atoms with Gasteiger partial charge in [-0.25, -0.2) is 4.31 Å². The number of ether oxygens (including phenoxy) is 4. The minimum absolute atomic E-state index is 0.157. The Morgan fingerprint density at radius 3 is 1.49 bits per heavy atom. The van der Waals surface area contributed by atoms with Gasteiger partial charge in [0.1, 0.15) is 0 Å².